The number of nitrogen functional groups attached to an aromatic ring is 1. The van der Waals surface area contributed by atoms with E-state index in [9.17, 15) is 0 Å². The van der Waals surface area contributed by atoms with Gasteiger partial charge in [-0.05, 0) is 12.1 Å². The molecule has 4 nitrogen and oxygen atoms in total. The van der Waals surface area contributed by atoms with Crippen LogP contribution in [0.4, 0.5) is 0 Å². The molecule has 0 unspecified atom stereocenters. The number of hydrogen-bond donors (Lipinski definition) is 2. The smallest absolute Gasteiger partial charge is 0.189 e. The van der Waals surface area contributed by atoms with Crippen molar-refractivity contribution in [2.75, 3.05) is 6.79 Å². The van der Waals surface area contributed by atoms with Gasteiger partial charge in [0.1, 0.15) is 11.6 Å². The largest absolute Gasteiger partial charge is 0.466 e. The molecule has 0 saturated heterocycles. The molecular weight excluding hydrogens is 204 g/mol. The van der Waals surface area contributed by atoms with Gasteiger partial charge in [-0.25, -0.2) is 0 Å². The van der Waals surface area contributed by atoms with Gasteiger partial charge in [-0.2, -0.15) is 0 Å². The number of nitrogens with one attached hydrogen (secondary N) is 1. The Labute approximate surface area is 86.1 Å². The van der Waals surface area contributed by atoms with Gasteiger partial charge < -0.3 is 15.2 Å². The third-order valence-electron chi connectivity index (χ3n) is 1.96. The molecular formula is C9H9ClN2O2. The van der Waals surface area contributed by atoms with Crippen LogP contribution in [0.3, 0.4) is 0 Å². The second kappa shape index (κ2) is 3.48. The van der Waals surface area contributed by atoms with Crippen molar-refractivity contribution in [3.05, 3.63) is 28.3 Å². The fourth-order valence-corrected chi connectivity index (χ4v) is 1.62. The molecule has 3 N–H and O–H groups in total. The molecule has 0 radical (unpaired) electrons. The van der Waals surface area contributed by atoms with Crippen molar-refractivity contribution in [2.24, 2.45) is 5.73 Å². The number of nitrogens with two attached hydrogens (primary N) is 1. The Morgan fingerprint density at radius 2 is 2.29 bits per heavy atom. The topological polar surface area (TPSA) is 68.3 Å². The number of ether oxygens (including phenoxy) is 2. The Morgan fingerprint density at radius 3 is 3.00 bits per heavy atom. The molecule has 0 spiro atoms. The quantitative estimate of drug-likeness (QED) is 0.548. The van der Waals surface area contributed by atoms with E-state index in [2.05, 4.69) is 0 Å². The first kappa shape index (κ1) is 9.30. The van der Waals surface area contributed by atoms with Crippen molar-refractivity contribution in [3.8, 4) is 5.75 Å². The molecule has 0 bridgehead atoms. The number of benzene rings is 1. The average molecular weight is 213 g/mol. The summed E-state index contributed by atoms with van der Waals surface area (Å²) in [4.78, 5) is 0. The first-order valence-electron chi connectivity index (χ1n) is 4.06. The van der Waals surface area contributed by atoms with Crippen LogP contribution in [-0.2, 0) is 11.3 Å². The number of halogens is 1. The molecule has 0 fully saturated rings. The van der Waals surface area contributed by atoms with Gasteiger partial charge in [-0.3, -0.25) is 5.41 Å². The SMILES string of the molecule is N=C(N)c1cc(Cl)cc2c1OCOC2. The molecule has 5 heteroatoms. The summed E-state index contributed by atoms with van der Waals surface area (Å²) < 4.78 is 10.4. The standard InChI is InChI=1S/C9H9ClN2O2/c10-6-1-5-3-13-4-14-8(5)7(2-6)9(11)12/h1-2H,3-4H2,(H3,11,12). The van der Waals surface area contributed by atoms with Crippen molar-refractivity contribution < 1.29 is 9.47 Å². The van der Waals surface area contributed by atoms with Crippen molar-refractivity contribution in [2.45, 2.75) is 6.61 Å². The monoisotopic (exact) mass is 212 g/mol. The minimum atomic E-state index is -0.0503. The van der Waals surface area contributed by atoms with Gasteiger partial charge in [-0.1, -0.05) is 11.6 Å². The van der Waals surface area contributed by atoms with Crippen LogP contribution in [0.2, 0.25) is 5.02 Å². The summed E-state index contributed by atoms with van der Waals surface area (Å²) in [6, 6.07) is 3.37. The third kappa shape index (κ3) is 1.54. The van der Waals surface area contributed by atoms with E-state index in [1.165, 1.54) is 0 Å². The van der Waals surface area contributed by atoms with Crippen LogP contribution in [0, 0.1) is 5.41 Å². The zero-order valence-corrected chi connectivity index (χ0v) is 8.10. The molecule has 74 valence electrons. The summed E-state index contributed by atoms with van der Waals surface area (Å²) in [5.41, 5.74) is 6.76. The lowest BCUT2D eigenvalue weighted by molar-refractivity contribution is -0.0164. The van der Waals surface area contributed by atoms with Crippen LogP contribution in [-0.4, -0.2) is 12.6 Å². The highest BCUT2D eigenvalue weighted by atomic mass is 35.5. The summed E-state index contributed by atoms with van der Waals surface area (Å²) >= 11 is 5.86. The van der Waals surface area contributed by atoms with Gasteiger partial charge in [-0.15, -0.1) is 0 Å². The lowest BCUT2D eigenvalue weighted by atomic mass is 10.1. The first-order chi connectivity index (χ1) is 6.68. The Hall–Kier alpha value is -1.26. The maximum Gasteiger partial charge on any atom is 0.189 e. The zero-order chi connectivity index (χ0) is 10.1. The van der Waals surface area contributed by atoms with Gasteiger partial charge in [0.25, 0.3) is 0 Å². The van der Waals surface area contributed by atoms with Gasteiger partial charge in [0.15, 0.2) is 6.79 Å². The second-order valence-corrected chi connectivity index (χ2v) is 3.40. The minimum absolute atomic E-state index is 0.0503. The molecule has 14 heavy (non-hydrogen) atoms. The van der Waals surface area contributed by atoms with Crippen molar-refractivity contribution in [1.29, 1.82) is 5.41 Å². The molecule has 1 aliphatic heterocycles. The fourth-order valence-electron chi connectivity index (χ4n) is 1.38. The highest BCUT2D eigenvalue weighted by molar-refractivity contribution is 6.31. The predicted molar refractivity (Wildman–Crippen MR) is 52.8 cm³/mol. The molecule has 0 aliphatic carbocycles. The number of fused-ring (bicyclic) bond motifs is 1. The molecule has 1 aliphatic rings. The summed E-state index contributed by atoms with van der Waals surface area (Å²) in [5.74, 6) is 0.554. The van der Waals surface area contributed by atoms with E-state index in [4.69, 9.17) is 32.2 Å². The molecule has 0 atom stereocenters. The van der Waals surface area contributed by atoms with Crippen LogP contribution in [0.5, 0.6) is 5.75 Å². The first-order valence-corrected chi connectivity index (χ1v) is 4.43. The van der Waals surface area contributed by atoms with Crippen molar-refractivity contribution in [3.63, 3.8) is 0 Å². The van der Waals surface area contributed by atoms with Crippen molar-refractivity contribution >= 4 is 17.4 Å². The molecule has 1 aromatic rings. The van der Waals surface area contributed by atoms with Crippen LogP contribution < -0.4 is 10.5 Å². The minimum Gasteiger partial charge on any atom is -0.466 e. The Bertz CT molecular complexity index is 393. The third-order valence-corrected chi connectivity index (χ3v) is 2.18. The highest BCUT2D eigenvalue weighted by Crippen LogP contribution is 2.31. The average Bonchev–Trinajstić information content (AvgIpc) is 2.16. The molecule has 2 rings (SSSR count). The Morgan fingerprint density at radius 1 is 1.50 bits per heavy atom. The predicted octanol–water partition coefficient (Wildman–Crippen LogP) is 1.49. The van der Waals surface area contributed by atoms with Gasteiger partial charge in [0.2, 0.25) is 0 Å². The molecule has 0 saturated carbocycles. The lowest BCUT2D eigenvalue weighted by Gasteiger charge is -2.20. The van der Waals surface area contributed by atoms with Gasteiger partial charge >= 0.3 is 0 Å². The van der Waals surface area contributed by atoms with E-state index < -0.39 is 0 Å². The van der Waals surface area contributed by atoms with E-state index in [1.54, 1.807) is 12.1 Å². The molecule has 1 heterocycles. The Kier molecular flexibility index (Phi) is 2.31. The summed E-state index contributed by atoms with van der Waals surface area (Å²) in [7, 11) is 0. The van der Waals surface area contributed by atoms with E-state index in [1.807, 2.05) is 0 Å². The van der Waals surface area contributed by atoms with Crippen LogP contribution in [0.25, 0.3) is 0 Å². The maximum atomic E-state index is 7.37. The van der Waals surface area contributed by atoms with Crippen molar-refractivity contribution in [1.82, 2.24) is 0 Å². The zero-order valence-electron chi connectivity index (χ0n) is 7.34. The van der Waals surface area contributed by atoms with E-state index in [0.717, 1.165) is 5.56 Å². The van der Waals surface area contributed by atoms with Gasteiger partial charge in [0.05, 0.1) is 12.2 Å². The second-order valence-electron chi connectivity index (χ2n) is 2.97. The van der Waals surface area contributed by atoms with E-state index >= 15 is 0 Å². The normalized spacial score (nSPS) is 14.4. The molecule has 1 aromatic carbocycles. The van der Waals surface area contributed by atoms with Crippen LogP contribution in [0.15, 0.2) is 12.1 Å². The summed E-state index contributed by atoms with van der Waals surface area (Å²) in [5, 5.41) is 7.90. The van der Waals surface area contributed by atoms with E-state index in [-0.39, 0.29) is 12.6 Å². The van der Waals surface area contributed by atoms with Crippen LogP contribution >= 0.6 is 11.6 Å². The van der Waals surface area contributed by atoms with Crippen LogP contribution in [0.1, 0.15) is 11.1 Å². The fraction of sp³-hybridized carbons (Fsp3) is 0.222. The molecule has 0 amide bonds. The molecule has 0 aromatic heterocycles. The van der Waals surface area contributed by atoms with Gasteiger partial charge in [0, 0.05) is 10.6 Å². The number of amidine groups is 1. The summed E-state index contributed by atoms with van der Waals surface area (Å²) in [6.45, 7) is 0.630. The lowest BCUT2D eigenvalue weighted by Crippen LogP contribution is -2.18. The van der Waals surface area contributed by atoms with E-state index in [0.29, 0.717) is 22.9 Å². The Balaban J connectivity index is 2.58. The number of hydrogen-bond acceptors (Lipinski definition) is 3. The maximum absolute atomic E-state index is 7.37. The summed E-state index contributed by atoms with van der Waals surface area (Å²) in [6.07, 6.45) is 0. The highest BCUT2D eigenvalue weighted by Gasteiger charge is 2.17. The number of rotatable bonds is 1.